The number of hydrogen-bond donors (Lipinski definition) is 2. The molecule has 3 nitrogen and oxygen atoms in total. The maximum absolute atomic E-state index is 11.9. The number of carbonyl (C=O) groups excluding carboxylic acids is 1. The number of benzene rings is 1. The van der Waals surface area contributed by atoms with Gasteiger partial charge in [0, 0.05) is 30.9 Å². The highest BCUT2D eigenvalue weighted by Crippen LogP contribution is 2.17. The normalized spacial score (nSPS) is 12.5. The lowest BCUT2D eigenvalue weighted by atomic mass is 10.1. The van der Waals surface area contributed by atoms with Crippen molar-refractivity contribution in [3.8, 4) is 0 Å². The second-order valence-electron chi connectivity index (χ2n) is 6.12. The van der Waals surface area contributed by atoms with Gasteiger partial charge in [-0.15, -0.1) is 23.7 Å². The van der Waals surface area contributed by atoms with Crippen molar-refractivity contribution in [3.63, 3.8) is 0 Å². The van der Waals surface area contributed by atoms with Crippen molar-refractivity contribution >= 4 is 29.7 Å². The van der Waals surface area contributed by atoms with E-state index in [0.29, 0.717) is 13.0 Å². The lowest BCUT2D eigenvalue weighted by Gasteiger charge is -2.07. The van der Waals surface area contributed by atoms with Gasteiger partial charge in [-0.3, -0.25) is 4.79 Å². The Hall–Kier alpha value is -1.36. The van der Waals surface area contributed by atoms with Crippen LogP contribution in [0, 0.1) is 0 Å². The largest absolute Gasteiger partial charge is 0.352 e. The molecule has 0 spiro atoms. The van der Waals surface area contributed by atoms with Crippen LogP contribution in [-0.2, 0) is 30.8 Å². The maximum atomic E-state index is 11.9. The third-order valence-electron chi connectivity index (χ3n) is 4.30. The molecule has 0 saturated carbocycles. The van der Waals surface area contributed by atoms with Crippen molar-refractivity contribution in [2.24, 2.45) is 0 Å². The van der Waals surface area contributed by atoms with Crippen molar-refractivity contribution in [1.29, 1.82) is 0 Å². The molecule has 0 radical (unpaired) electrons. The molecule has 24 heavy (non-hydrogen) atoms. The van der Waals surface area contributed by atoms with E-state index in [1.807, 2.05) is 11.3 Å². The van der Waals surface area contributed by atoms with Gasteiger partial charge in [-0.1, -0.05) is 30.7 Å². The van der Waals surface area contributed by atoms with Gasteiger partial charge in [-0.2, -0.15) is 0 Å². The minimum absolute atomic E-state index is 0. The van der Waals surface area contributed by atoms with E-state index >= 15 is 0 Å². The fraction of sp³-hybridized carbons (Fsp3) is 0.421. The molecule has 0 bridgehead atoms. The highest BCUT2D eigenvalue weighted by molar-refractivity contribution is 7.09. The van der Waals surface area contributed by atoms with Gasteiger partial charge in [0.1, 0.15) is 0 Å². The highest BCUT2D eigenvalue weighted by atomic mass is 35.5. The van der Waals surface area contributed by atoms with E-state index in [2.05, 4.69) is 46.3 Å². The molecule has 0 fully saturated rings. The number of hydrogen-bond acceptors (Lipinski definition) is 3. The second-order valence-corrected chi connectivity index (χ2v) is 7.16. The first-order valence-corrected chi connectivity index (χ1v) is 9.30. The summed E-state index contributed by atoms with van der Waals surface area (Å²) < 4.78 is 0. The average molecular weight is 365 g/mol. The molecule has 0 saturated heterocycles. The molecule has 1 aromatic carbocycles. The minimum Gasteiger partial charge on any atom is -0.352 e. The molecule has 2 aromatic rings. The molecule has 2 heterocycles. The molecular formula is C19H25ClN2OS. The molecule has 130 valence electrons. The topological polar surface area (TPSA) is 41.1 Å². The van der Waals surface area contributed by atoms with Gasteiger partial charge >= 0.3 is 0 Å². The van der Waals surface area contributed by atoms with Crippen LogP contribution in [-0.4, -0.2) is 5.91 Å². The van der Waals surface area contributed by atoms with E-state index in [1.165, 1.54) is 28.0 Å². The third-order valence-corrected chi connectivity index (χ3v) is 5.23. The number of amides is 1. The van der Waals surface area contributed by atoms with Crippen LogP contribution in [0.15, 0.2) is 35.7 Å². The fourth-order valence-corrected chi connectivity index (χ4v) is 3.71. The number of rotatable bonds is 8. The van der Waals surface area contributed by atoms with Gasteiger partial charge < -0.3 is 10.6 Å². The summed E-state index contributed by atoms with van der Waals surface area (Å²) >= 11 is 1.82. The van der Waals surface area contributed by atoms with Crippen LogP contribution >= 0.6 is 23.7 Å². The number of unbranched alkanes of at least 4 members (excludes halogenated alkanes) is 2. The number of carbonyl (C=O) groups is 1. The number of halogens is 1. The van der Waals surface area contributed by atoms with E-state index in [9.17, 15) is 4.79 Å². The van der Waals surface area contributed by atoms with Crippen LogP contribution in [0.5, 0.6) is 0 Å². The van der Waals surface area contributed by atoms with E-state index in [1.54, 1.807) is 0 Å². The molecule has 1 aliphatic heterocycles. The molecule has 3 rings (SSSR count). The standard InChI is InChI=1S/C19H24N2OS.ClH/c22-19(7-3-1-2-5-18-6-4-10-23-18)21-12-15-8-9-16-13-20-14-17(16)11-15;/h4,6,8-11,20H,1-3,5,7,12-14H2,(H,21,22);1H. The van der Waals surface area contributed by atoms with Gasteiger partial charge in [0.25, 0.3) is 0 Å². The Morgan fingerprint density at radius 3 is 2.83 bits per heavy atom. The molecular weight excluding hydrogens is 340 g/mol. The first-order valence-electron chi connectivity index (χ1n) is 8.42. The summed E-state index contributed by atoms with van der Waals surface area (Å²) in [5.41, 5.74) is 3.94. The van der Waals surface area contributed by atoms with Gasteiger partial charge in [-0.25, -0.2) is 0 Å². The molecule has 2 N–H and O–H groups in total. The minimum atomic E-state index is 0. The SMILES string of the molecule is Cl.O=C(CCCCCc1cccs1)NCc1ccc2c(c1)CNC2. The van der Waals surface area contributed by atoms with Gasteiger partial charge in [-0.05, 0) is 47.4 Å². The summed E-state index contributed by atoms with van der Waals surface area (Å²) in [7, 11) is 0. The zero-order valence-corrected chi connectivity index (χ0v) is 15.5. The Morgan fingerprint density at radius 2 is 2.00 bits per heavy atom. The summed E-state index contributed by atoms with van der Waals surface area (Å²) in [6, 6.07) is 10.8. The third kappa shape index (κ3) is 5.62. The van der Waals surface area contributed by atoms with Crippen molar-refractivity contribution in [2.75, 3.05) is 0 Å². The van der Waals surface area contributed by atoms with Crippen LogP contribution in [0.1, 0.15) is 47.3 Å². The van der Waals surface area contributed by atoms with Crippen LogP contribution in [0.2, 0.25) is 0 Å². The van der Waals surface area contributed by atoms with Crippen molar-refractivity contribution in [3.05, 3.63) is 57.3 Å². The lowest BCUT2D eigenvalue weighted by molar-refractivity contribution is -0.121. The van der Waals surface area contributed by atoms with Crippen LogP contribution in [0.4, 0.5) is 0 Å². The molecule has 0 aliphatic carbocycles. The van der Waals surface area contributed by atoms with Gasteiger partial charge in [0.05, 0.1) is 0 Å². The number of fused-ring (bicyclic) bond motifs is 1. The van der Waals surface area contributed by atoms with Crippen LogP contribution in [0.25, 0.3) is 0 Å². The Morgan fingerprint density at radius 1 is 1.12 bits per heavy atom. The fourth-order valence-electron chi connectivity index (χ4n) is 2.96. The summed E-state index contributed by atoms with van der Waals surface area (Å²) in [6.07, 6.45) is 5.05. The summed E-state index contributed by atoms with van der Waals surface area (Å²) in [6.45, 7) is 2.55. The van der Waals surface area contributed by atoms with Crippen LogP contribution in [0.3, 0.4) is 0 Å². The first kappa shape index (κ1) is 19.0. The Labute approximate surface area is 154 Å². The van der Waals surface area contributed by atoms with E-state index in [4.69, 9.17) is 0 Å². The first-order chi connectivity index (χ1) is 11.3. The van der Waals surface area contributed by atoms with Crippen molar-refractivity contribution in [1.82, 2.24) is 10.6 Å². The predicted molar refractivity (Wildman–Crippen MR) is 103 cm³/mol. The lowest BCUT2D eigenvalue weighted by Crippen LogP contribution is -2.22. The predicted octanol–water partition coefficient (Wildman–Crippen LogP) is 4.19. The molecule has 1 aliphatic rings. The number of nitrogens with one attached hydrogen (secondary N) is 2. The highest BCUT2D eigenvalue weighted by Gasteiger charge is 2.10. The molecule has 0 unspecified atom stereocenters. The zero-order valence-electron chi connectivity index (χ0n) is 13.8. The van der Waals surface area contributed by atoms with Crippen molar-refractivity contribution in [2.45, 2.75) is 51.7 Å². The Bertz CT molecular complexity index is 643. The average Bonchev–Trinajstić information content (AvgIpc) is 3.23. The summed E-state index contributed by atoms with van der Waals surface area (Å²) in [5, 5.41) is 8.50. The number of aryl methyl sites for hydroxylation is 1. The smallest absolute Gasteiger partial charge is 0.220 e. The quantitative estimate of drug-likeness (QED) is 0.689. The maximum Gasteiger partial charge on any atom is 0.220 e. The van der Waals surface area contributed by atoms with E-state index < -0.39 is 0 Å². The van der Waals surface area contributed by atoms with E-state index in [-0.39, 0.29) is 18.3 Å². The molecule has 1 amide bonds. The van der Waals surface area contributed by atoms with Crippen LogP contribution < -0.4 is 10.6 Å². The molecule has 5 heteroatoms. The summed E-state index contributed by atoms with van der Waals surface area (Å²) in [5.74, 6) is 0.166. The monoisotopic (exact) mass is 364 g/mol. The molecule has 1 aromatic heterocycles. The number of thiophene rings is 1. The Kier molecular flexibility index (Phi) is 7.76. The summed E-state index contributed by atoms with van der Waals surface area (Å²) in [4.78, 5) is 13.4. The second kappa shape index (κ2) is 9.82. The van der Waals surface area contributed by atoms with Gasteiger partial charge in [0.2, 0.25) is 5.91 Å². The van der Waals surface area contributed by atoms with Gasteiger partial charge in [0.15, 0.2) is 0 Å². The Balaban J connectivity index is 0.00000208. The zero-order chi connectivity index (χ0) is 15.9. The van der Waals surface area contributed by atoms with Crippen molar-refractivity contribution < 1.29 is 4.79 Å². The van der Waals surface area contributed by atoms with E-state index in [0.717, 1.165) is 32.4 Å². The molecule has 0 atom stereocenters.